The van der Waals surface area contributed by atoms with Crippen LogP contribution in [0, 0.1) is 5.92 Å². The van der Waals surface area contributed by atoms with Gasteiger partial charge >= 0.3 is 0 Å². The molecule has 0 N–H and O–H groups in total. The van der Waals surface area contributed by atoms with Crippen LogP contribution in [-0.2, 0) is 21.4 Å². The molecular weight excluding hydrogens is 540 g/mol. The molecular formula is C28H29ClN4O3S2. The van der Waals surface area contributed by atoms with Crippen molar-refractivity contribution >= 4 is 54.2 Å². The predicted octanol–water partition coefficient (Wildman–Crippen LogP) is 6.10. The zero-order valence-corrected chi connectivity index (χ0v) is 23.6. The largest absolute Gasteiger partial charge is 0.283 e. The van der Waals surface area contributed by atoms with E-state index in [9.17, 15) is 13.2 Å². The number of pyridine rings is 1. The quantitative estimate of drug-likeness (QED) is 0.269. The standard InChI is InChI=1S/C28H29ClN4O3S2/c1-19(2)24-6-3-7-25-26(24)31-28(37-25)33(18-20-5-4-14-30-17-20)27(34)21-12-15-32(16-13-21)38(35,36)23-10-8-22(29)9-11-23/h3-11,14,17,19,21H,12-13,15-16,18H2,1-2H3. The number of aromatic nitrogens is 2. The molecule has 5 rings (SSSR count). The zero-order valence-electron chi connectivity index (χ0n) is 21.2. The maximum Gasteiger partial charge on any atom is 0.243 e. The van der Waals surface area contributed by atoms with E-state index in [4.69, 9.17) is 16.6 Å². The number of benzene rings is 2. The van der Waals surface area contributed by atoms with Crippen LogP contribution in [0.25, 0.3) is 10.2 Å². The summed E-state index contributed by atoms with van der Waals surface area (Å²) < 4.78 is 28.8. The summed E-state index contributed by atoms with van der Waals surface area (Å²) in [5.74, 6) is -0.0366. The van der Waals surface area contributed by atoms with E-state index in [-0.39, 0.29) is 29.8 Å². The highest BCUT2D eigenvalue weighted by molar-refractivity contribution is 7.89. The van der Waals surface area contributed by atoms with Crippen molar-refractivity contribution in [1.29, 1.82) is 0 Å². The molecule has 0 bridgehead atoms. The summed E-state index contributed by atoms with van der Waals surface area (Å²) in [6.45, 7) is 5.18. The fourth-order valence-electron chi connectivity index (χ4n) is 4.77. The number of nitrogens with zero attached hydrogens (tertiary/aromatic N) is 4. The van der Waals surface area contributed by atoms with Gasteiger partial charge in [0.15, 0.2) is 5.13 Å². The lowest BCUT2D eigenvalue weighted by molar-refractivity contribution is -0.123. The summed E-state index contributed by atoms with van der Waals surface area (Å²) in [5.41, 5.74) is 2.99. The van der Waals surface area contributed by atoms with Gasteiger partial charge in [-0.1, -0.05) is 55.0 Å². The lowest BCUT2D eigenvalue weighted by Crippen LogP contribution is -2.44. The SMILES string of the molecule is CC(C)c1cccc2sc(N(Cc3cccnc3)C(=O)C3CCN(S(=O)(=O)c4ccc(Cl)cc4)CC3)nc12. The number of hydrogen-bond donors (Lipinski definition) is 0. The van der Waals surface area contributed by atoms with Gasteiger partial charge in [0.25, 0.3) is 0 Å². The predicted molar refractivity (Wildman–Crippen MR) is 152 cm³/mol. The molecule has 10 heteroatoms. The average Bonchev–Trinajstić information content (AvgIpc) is 3.36. The van der Waals surface area contributed by atoms with Gasteiger partial charge in [0.1, 0.15) is 0 Å². The highest BCUT2D eigenvalue weighted by Gasteiger charge is 2.35. The summed E-state index contributed by atoms with van der Waals surface area (Å²) in [7, 11) is -3.65. The lowest BCUT2D eigenvalue weighted by Gasteiger charge is -2.33. The van der Waals surface area contributed by atoms with Crippen LogP contribution in [0.5, 0.6) is 0 Å². The fraction of sp³-hybridized carbons (Fsp3) is 0.321. The van der Waals surface area contributed by atoms with Gasteiger partial charge in [0, 0.05) is 36.4 Å². The second kappa shape index (κ2) is 11.1. The van der Waals surface area contributed by atoms with Crippen molar-refractivity contribution in [3.63, 3.8) is 0 Å². The van der Waals surface area contributed by atoms with Crippen LogP contribution in [0.1, 0.15) is 43.7 Å². The Balaban J connectivity index is 1.39. The molecule has 1 fully saturated rings. The van der Waals surface area contributed by atoms with Gasteiger partial charge < -0.3 is 0 Å². The Morgan fingerprint density at radius 3 is 2.50 bits per heavy atom. The molecule has 7 nitrogen and oxygen atoms in total. The third kappa shape index (κ3) is 5.47. The van der Waals surface area contributed by atoms with Gasteiger partial charge in [-0.05, 0) is 66.3 Å². The Labute approximate surface area is 232 Å². The molecule has 0 radical (unpaired) electrons. The van der Waals surface area contributed by atoms with Crippen LogP contribution in [0.15, 0.2) is 71.9 Å². The van der Waals surface area contributed by atoms with Crippen LogP contribution in [0.2, 0.25) is 5.02 Å². The third-order valence-electron chi connectivity index (χ3n) is 6.88. The Kier molecular flexibility index (Phi) is 7.81. The molecule has 198 valence electrons. The Morgan fingerprint density at radius 1 is 1.11 bits per heavy atom. The molecule has 0 saturated carbocycles. The number of hydrogen-bond acceptors (Lipinski definition) is 6. The molecule has 1 aliphatic heterocycles. The number of rotatable bonds is 7. The second-order valence-corrected chi connectivity index (χ2v) is 13.1. The molecule has 0 spiro atoms. The molecule has 0 unspecified atom stereocenters. The molecule has 2 aromatic heterocycles. The Hall–Kier alpha value is -2.85. The van der Waals surface area contributed by atoms with Gasteiger partial charge in [0.2, 0.25) is 15.9 Å². The van der Waals surface area contributed by atoms with E-state index in [0.29, 0.717) is 35.5 Å². The van der Waals surface area contributed by atoms with E-state index in [1.54, 1.807) is 29.4 Å². The fourth-order valence-corrected chi connectivity index (χ4v) is 7.37. The maximum absolute atomic E-state index is 14.0. The molecule has 4 aromatic rings. The maximum atomic E-state index is 14.0. The van der Waals surface area contributed by atoms with Crippen molar-refractivity contribution < 1.29 is 13.2 Å². The first kappa shape index (κ1) is 26.7. The van der Waals surface area contributed by atoms with E-state index in [0.717, 1.165) is 21.3 Å². The number of halogens is 1. The molecule has 0 aliphatic carbocycles. The molecule has 38 heavy (non-hydrogen) atoms. The van der Waals surface area contributed by atoms with Crippen LogP contribution in [-0.4, -0.2) is 41.7 Å². The number of piperidine rings is 1. The number of para-hydroxylation sites is 1. The summed E-state index contributed by atoms with van der Waals surface area (Å²) in [6, 6.07) is 16.1. The van der Waals surface area contributed by atoms with Crippen LogP contribution in [0.4, 0.5) is 5.13 Å². The van der Waals surface area contributed by atoms with E-state index >= 15 is 0 Å². The highest BCUT2D eigenvalue weighted by atomic mass is 35.5. The van der Waals surface area contributed by atoms with Crippen LogP contribution in [0.3, 0.4) is 0 Å². The molecule has 3 heterocycles. The van der Waals surface area contributed by atoms with Gasteiger partial charge in [-0.15, -0.1) is 0 Å². The van der Waals surface area contributed by atoms with E-state index < -0.39 is 10.0 Å². The normalized spacial score (nSPS) is 15.3. The smallest absolute Gasteiger partial charge is 0.243 e. The minimum absolute atomic E-state index is 0.0393. The van der Waals surface area contributed by atoms with Crippen LogP contribution < -0.4 is 4.90 Å². The molecule has 1 aliphatic rings. The lowest BCUT2D eigenvalue weighted by atomic mass is 9.96. The molecule has 2 aromatic carbocycles. The first-order valence-electron chi connectivity index (χ1n) is 12.6. The number of thiazole rings is 1. The van der Waals surface area contributed by atoms with Gasteiger partial charge in [-0.25, -0.2) is 13.4 Å². The van der Waals surface area contributed by atoms with Crippen molar-refractivity contribution in [2.24, 2.45) is 5.92 Å². The van der Waals surface area contributed by atoms with Crippen molar-refractivity contribution in [3.05, 3.63) is 83.1 Å². The van der Waals surface area contributed by atoms with Gasteiger partial charge in [0.05, 0.1) is 21.7 Å². The van der Waals surface area contributed by atoms with Crippen LogP contribution >= 0.6 is 22.9 Å². The topological polar surface area (TPSA) is 83.5 Å². The van der Waals surface area contributed by atoms with E-state index in [2.05, 4.69) is 24.9 Å². The van der Waals surface area contributed by atoms with Gasteiger partial charge in [-0.3, -0.25) is 14.7 Å². The van der Waals surface area contributed by atoms with Crippen molar-refractivity contribution in [1.82, 2.24) is 14.3 Å². The number of amides is 1. The number of carbonyl (C=O) groups is 1. The van der Waals surface area contributed by atoms with E-state index in [1.165, 1.54) is 27.8 Å². The molecule has 1 saturated heterocycles. The van der Waals surface area contributed by atoms with E-state index in [1.807, 2.05) is 24.3 Å². The number of sulfonamides is 1. The minimum atomic E-state index is -3.65. The van der Waals surface area contributed by atoms with Crippen molar-refractivity contribution in [2.75, 3.05) is 18.0 Å². The second-order valence-electron chi connectivity index (χ2n) is 9.76. The summed E-state index contributed by atoms with van der Waals surface area (Å²) in [4.78, 5) is 25.1. The van der Waals surface area contributed by atoms with Crippen molar-refractivity contribution in [2.45, 2.75) is 44.0 Å². The molecule has 1 amide bonds. The molecule has 0 atom stereocenters. The summed E-state index contributed by atoms with van der Waals surface area (Å²) in [5, 5.41) is 1.13. The van der Waals surface area contributed by atoms with Gasteiger partial charge in [-0.2, -0.15) is 4.31 Å². The summed E-state index contributed by atoms with van der Waals surface area (Å²) >= 11 is 7.44. The third-order valence-corrected chi connectivity index (χ3v) is 10.1. The minimum Gasteiger partial charge on any atom is -0.283 e. The number of fused-ring (bicyclic) bond motifs is 1. The Morgan fingerprint density at radius 2 is 1.84 bits per heavy atom. The number of anilines is 1. The number of carbonyl (C=O) groups excluding carboxylic acids is 1. The first-order valence-corrected chi connectivity index (χ1v) is 15.2. The average molecular weight is 569 g/mol. The monoisotopic (exact) mass is 568 g/mol. The Bertz CT molecular complexity index is 1530. The highest BCUT2D eigenvalue weighted by Crippen LogP contribution is 2.36. The summed E-state index contributed by atoms with van der Waals surface area (Å²) in [6.07, 6.45) is 4.35. The first-order chi connectivity index (χ1) is 18.2. The zero-order chi connectivity index (χ0) is 26.9. The van der Waals surface area contributed by atoms with Crippen molar-refractivity contribution in [3.8, 4) is 0 Å².